The van der Waals surface area contributed by atoms with Crippen molar-refractivity contribution in [1.29, 1.82) is 5.26 Å². The Bertz CT molecular complexity index is 1150. The van der Waals surface area contributed by atoms with Crippen molar-refractivity contribution < 1.29 is 13.4 Å². The molecule has 0 aliphatic carbocycles. The molecule has 24 heavy (non-hydrogen) atoms. The summed E-state index contributed by atoms with van der Waals surface area (Å²) in [5, 5.41) is 10.8. The lowest BCUT2D eigenvalue weighted by Crippen LogP contribution is -2.30. The molecule has 0 saturated heterocycles. The summed E-state index contributed by atoms with van der Waals surface area (Å²) in [7, 11) is 1.96. The molecule has 0 aliphatic heterocycles. The number of benzene rings is 2. The van der Waals surface area contributed by atoms with Gasteiger partial charge in [0, 0.05) is 22.9 Å². The van der Waals surface area contributed by atoms with Crippen LogP contribution in [-0.2, 0) is 7.05 Å². The van der Waals surface area contributed by atoms with Crippen molar-refractivity contribution in [3.8, 4) is 17.3 Å². The van der Waals surface area contributed by atoms with Crippen molar-refractivity contribution in [3.63, 3.8) is 0 Å². The predicted octanol–water partition coefficient (Wildman–Crippen LogP) is 4.40. The Balaban J connectivity index is 2.24. The number of nitriles is 1. The van der Waals surface area contributed by atoms with Gasteiger partial charge in [-0.3, -0.25) is 0 Å². The van der Waals surface area contributed by atoms with E-state index in [1.807, 2.05) is 49.0 Å². The maximum absolute atomic E-state index is 13.7. The second kappa shape index (κ2) is 5.17. The number of aromatic nitrogens is 1. The van der Waals surface area contributed by atoms with Crippen molar-refractivity contribution in [2.24, 2.45) is 7.05 Å². The van der Waals surface area contributed by atoms with E-state index in [-0.39, 0.29) is 5.82 Å². The molecule has 2 heterocycles. The summed E-state index contributed by atoms with van der Waals surface area (Å²) in [5.74, 6) is -0.346. The largest absolute Gasteiger partial charge is 0.455 e. The number of hydrogen-bond donors (Lipinski definition) is 0. The van der Waals surface area contributed by atoms with E-state index in [1.54, 1.807) is 6.07 Å². The van der Waals surface area contributed by atoms with Crippen LogP contribution in [0.15, 0.2) is 53.1 Å². The van der Waals surface area contributed by atoms with E-state index in [9.17, 15) is 9.65 Å². The zero-order chi connectivity index (χ0) is 16.8. The Labute approximate surface area is 138 Å². The Morgan fingerprint density at radius 3 is 2.75 bits per heavy atom. The van der Waals surface area contributed by atoms with Crippen LogP contribution < -0.4 is 4.57 Å². The van der Waals surface area contributed by atoms with Gasteiger partial charge in [-0.1, -0.05) is 0 Å². The topological polar surface area (TPSA) is 40.8 Å². The van der Waals surface area contributed by atoms with Crippen LogP contribution in [0.25, 0.3) is 33.2 Å². The Morgan fingerprint density at radius 2 is 2.00 bits per heavy atom. The van der Waals surface area contributed by atoms with Gasteiger partial charge in [-0.25, -0.2) is 8.96 Å². The van der Waals surface area contributed by atoms with E-state index < -0.39 is 0 Å². The molecule has 4 aromatic rings. The van der Waals surface area contributed by atoms with Crippen LogP contribution in [-0.4, -0.2) is 0 Å². The fourth-order valence-corrected chi connectivity index (χ4v) is 3.24. The second-order valence-corrected chi connectivity index (χ2v) is 5.87. The smallest absolute Gasteiger partial charge is 0.216 e. The monoisotopic (exact) mass is 317 g/mol. The molecule has 116 valence electrons. The lowest BCUT2D eigenvalue weighted by Gasteiger charge is -2.06. The standard InChI is InChI=1S/C20H14FN2O/c1-12-9-13(11-22)19-15-10-14(21)6-7-17(15)24-20(19)18(12)16-5-3-4-8-23(16)2/h3-10H,1-2H3/q+1. The first-order chi connectivity index (χ1) is 11.6. The fourth-order valence-electron chi connectivity index (χ4n) is 3.24. The number of rotatable bonds is 1. The summed E-state index contributed by atoms with van der Waals surface area (Å²) in [6.45, 7) is 1.95. The van der Waals surface area contributed by atoms with Crippen LogP contribution in [0.3, 0.4) is 0 Å². The first-order valence-electron chi connectivity index (χ1n) is 7.60. The quantitative estimate of drug-likeness (QED) is 0.488. The lowest BCUT2D eigenvalue weighted by atomic mass is 9.96. The molecule has 0 atom stereocenters. The van der Waals surface area contributed by atoms with Crippen molar-refractivity contribution in [3.05, 3.63) is 65.6 Å². The Morgan fingerprint density at radius 1 is 1.17 bits per heavy atom. The van der Waals surface area contributed by atoms with Crippen molar-refractivity contribution in [2.75, 3.05) is 0 Å². The van der Waals surface area contributed by atoms with Crippen LogP contribution in [0.5, 0.6) is 0 Å². The van der Waals surface area contributed by atoms with Crippen LogP contribution in [0.4, 0.5) is 4.39 Å². The lowest BCUT2D eigenvalue weighted by molar-refractivity contribution is -0.660. The van der Waals surface area contributed by atoms with Gasteiger partial charge in [0.25, 0.3) is 0 Å². The van der Waals surface area contributed by atoms with E-state index >= 15 is 0 Å². The maximum atomic E-state index is 13.7. The minimum atomic E-state index is -0.346. The average Bonchev–Trinajstić information content (AvgIpc) is 2.93. The highest BCUT2D eigenvalue weighted by molar-refractivity contribution is 6.12. The average molecular weight is 317 g/mol. The molecule has 0 N–H and O–H groups in total. The van der Waals surface area contributed by atoms with Gasteiger partial charge in [0.05, 0.1) is 17.2 Å². The van der Waals surface area contributed by atoms with Gasteiger partial charge in [-0.2, -0.15) is 5.26 Å². The fraction of sp³-hybridized carbons (Fsp3) is 0.100. The molecule has 3 nitrogen and oxygen atoms in total. The third-order valence-electron chi connectivity index (χ3n) is 4.33. The summed E-state index contributed by atoms with van der Waals surface area (Å²) < 4.78 is 21.8. The molecule has 4 rings (SSSR count). The highest BCUT2D eigenvalue weighted by Gasteiger charge is 2.23. The number of pyridine rings is 1. The van der Waals surface area contributed by atoms with E-state index in [2.05, 4.69) is 6.07 Å². The SMILES string of the molecule is Cc1cc(C#N)c2c(oc3ccc(F)cc32)c1-c1cccc[n+]1C. The van der Waals surface area contributed by atoms with E-state index in [4.69, 9.17) is 4.42 Å². The summed E-state index contributed by atoms with van der Waals surface area (Å²) in [6, 6.07) is 14.4. The van der Waals surface area contributed by atoms with Crippen LogP contribution in [0, 0.1) is 24.1 Å². The van der Waals surface area contributed by atoms with Crippen molar-refractivity contribution in [1.82, 2.24) is 0 Å². The third kappa shape index (κ3) is 1.99. The van der Waals surface area contributed by atoms with Crippen molar-refractivity contribution in [2.45, 2.75) is 6.92 Å². The molecule has 2 aromatic carbocycles. The van der Waals surface area contributed by atoms with E-state index in [0.717, 1.165) is 16.8 Å². The zero-order valence-corrected chi connectivity index (χ0v) is 13.3. The van der Waals surface area contributed by atoms with Crippen LogP contribution >= 0.6 is 0 Å². The molecular formula is C20H14FN2O+. The highest BCUT2D eigenvalue weighted by Crippen LogP contribution is 2.39. The number of hydrogen-bond acceptors (Lipinski definition) is 2. The first kappa shape index (κ1) is 14.4. The molecule has 0 fully saturated rings. The van der Waals surface area contributed by atoms with Crippen LogP contribution in [0.2, 0.25) is 0 Å². The van der Waals surface area contributed by atoms with E-state index in [1.165, 1.54) is 12.1 Å². The zero-order valence-electron chi connectivity index (χ0n) is 13.3. The number of halogens is 1. The molecule has 0 aliphatic rings. The molecule has 0 unspecified atom stereocenters. The van der Waals surface area contributed by atoms with Gasteiger partial charge < -0.3 is 4.42 Å². The molecule has 0 radical (unpaired) electrons. The highest BCUT2D eigenvalue weighted by atomic mass is 19.1. The number of nitrogens with zero attached hydrogens (tertiary/aromatic N) is 2. The number of fused-ring (bicyclic) bond motifs is 3. The van der Waals surface area contributed by atoms with Gasteiger partial charge in [-0.05, 0) is 42.8 Å². The van der Waals surface area contributed by atoms with Gasteiger partial charge in [0.2, 0.25) is 5.69 Å². The number of aryl methyl sites for hydroxylation is 2. The third-order valence-corrected chi connectivity index (χ3v) is 4.33. The second-order valence-electron chi connectivity index (χ2n) is 5.87. The minimum Gasteiger partial charge on any atom is -0.455 e. The molecule has 2 aromatic heterocycles. The normalized spacial score (nSPS) is 11.1. The molecule has 0 amide bonds. The molecule has 4 heteroatoms. The maximum Gasteiger partial charge on any atom is 0.216 e. The summed E-state index contributed by atoms with van der Waals surface area (Å²) in [4.78, 5) is 0. The molecular weight excluding hydrogens is 303 g/mol. The molecule has 0 bridgehead atoms. The van der Waals surface area contributed by atoms with Crippen molar-refractivity contribution >= 4 is 21.9 Å². The summed E-state index contributed by atoms with van der Waals surface area (Å²) in [5.41, 5.74) is 4.53. The summed E-state index contributed by atoms with van der Waals surface area (Å²) >= 11 is 0. The van der Waals surface area contributed by atoms with Crippen LogP contribution in [0.1, 0.15) is 11.1 Å². The predicted molar refractivity (Wildman–Crippen MR) is 89.7 cm³/mol. The van der Waals surface area contributed by atoms with Gasteiger partial charge in [-0.15, -0.1) is 0 Å². The van der Waals surface area contributed by atoms with Gasteiger partial charge in [0.15, 0.2) is 11.8 Å². The first-order valence-corrected chi connectivity index (χ1v) is 7.60. The minimum absolute atomic E-state index is 0.346. The van der Waals surface area contributed by atoms with E-state index in [0.29, 0.717) is 27.5 Å². The number of furan rings is 1. The van der Waals surface area contributed by atoms with Gasteiger partial charge >= 0.3 is 0 Å². The molecule has 0 spiro atoms. The molecule has 0 saturated carbocycles. The Kier molecular flexibility index (Phi) is 3.10. The Hall–Kier alpha value is -3.19. The summed E-state index contributed by atoms with van der Waals surface area (Å²) in [6.07, 6.45) is 1.96. The van der Waals surface area contributed by atoms with Gasteiger partial charge in [0.1, 0.15) is 18.4 Å².